The predicted octanol–water partition coefficient (Wildman–Crippen LogP) is 18.5. The molecule has 0 bridgehead atoms. The molecule has 0 aliphatic carbocycles. The van der Waals surface area contributed by atoms with Crippen LogP contribution in [0.3, 0.4) is 0 Å². The molecule has 4 nitrogen and oxygen atoms in total. The van der Waals surface area contributed by atoms with Gasteiger partial charge in [0.05, 0.1) is 27.2 Å². The van der Waals surface area contributed by atoms with Gasteiger partial charge in [-0.15, -0.1) is 0 Å². The van der Waals surface area contributed by atoms with Gasteiger partial charge in [-0.25, -0.2) is 0 Å². The Labute approximate surface area is 431 Å². The molecule has 0 spiro atoms. The number of anilines is 10. The molecule has 0 unspecified atom stereocenters. The lowest BCUT2D eigenvalue weighted by Crippen LogP contribution is -2.55. The van der Waals surface area contributed by atoms with Crippen LogP contribution >= 0.6 is 27.5 Å². The quantitative estimate of drug-likeness (QED) is 0.134. The molecule has 0 N–H and O–H groups in total. The minimum atomic E-state index is -0.169. The van der Waals surface area contributed by atoms with Crippen LogP contribution in [0.4, 0.5) is 56.9 Å². The third kappa shape index (κ3) is 9.53. The standard InChI is InChI=1S/C63H65BBrClN4/c1-42-36-57(67(50-32-28-48(66)29-33-50)53-25-19-20-46(40-53)62(7,8)9)60(65)58(37-42)68(49-30-26-45(27-31-49)61(4,5)6)54-34-35-55-56(41-54)70(52-23-17-14-18-24-52)64(69(55)51-21-15-13-16-22-51)59-43(2)38-47(39-44(59)3)63(10,11)12/h13-41H,1-12H3. The normalized spacial score (nSPS) is 12.9. The third-order valence-corrected chi connectivity index (χ3v) is 14.8. The molecule has 8 aromatic carbocycles. The van der Waals surface area contributed by atoms with Gasteiger partial charge in [0.15, 0.2) is 0 Å². The Morgan fingerprint density at radius 2 is 0.886 bits per heavy atom. The highest BCUT2D eigenvalue weighted by molar-refractivity contribution is 9.10. The summed E-state index contributed by atoms with van der Waals surface area (Å²) in [5.74, 6) is 0. The number of fused-ring (bicyclic) bond motifs is 1. The molecule has 0 fully saturated rings. The molecule has 1 aliphatic rings. The number of nitrogens with zero attached hydrogens (tertiary/aromatic N) is 4. The van der Waals surface area contributed by atoms with E-state index in [4.69, 9.17) is 11.6 Å². The highest BCUT2D eigenvalue weighted by Crippen LogP contribution is 2.52. The Hall–Kier alpha value is -6.21. The number of hydrogen-bond acceptors (Lipinski definition) is 4. The minimum absolute atomic E-state index is 0.0118. The van der Waals surface area contributed by atoms with E-state index in [1.807, 2.05) is 12.1 Å². The molecule has 1 aliphatic heterocycles. The average Bonchev–Trinajstić information content (AvgIpc) is 3.64. The molecule has 70 heavy (non-hydrogen) atoms. The van der Waals surface area contributed by atoms with Gasteiger partial charge < -0.3 is 19.4 Å². The fraction of sp³-hybridized carbons (Fsp3) is 0.238. The second kappa shape index (κ2) is 18.8. The van der Waals surface area contributed by atoms with Gasteiger partial charge in [0.1, 0.15) is 0 Å². The van der Waals surface area contributed by atoms with E-state index in [0.717, 1.165) is 66.9 Å². The lowest BCUT2D eigenvalue weighted by molar-refractivity contribution is 0.589. The summed E-state index contributed by atoms with van der Waals surface area (Å²) in [6, 6.07) is 64.5. The molecule has 0 atom stereocenters. The summed E-state index contributed by atoms with van der Waals surface area (Å²) in [4.78, 5) is 9.87. The van der Waals surface area contributed by atoms with Crippen molar-refractivity contribution in [3.05, 3.63) is 219 Å². The zero-order valence-corrected chi connectivity index (χ0v) is 45.2. The van der Waals surface area contributed by atoms with Gasteiger partial charge in [0.25, 0.3) is 0 Å². The van der Waals surface area contributed by atoms with E-state index in [2.05, 4.69) is 282 Å². The number of para-hydroxylation sites is 2. The number of aryl methyl sites for hydroxylation is 3. The first-order valence-corrected chi connectivity index (χ1v) is 25.7. The molecule has 354 valence electrons. The van der Waals surface area contributed by atoms with E-state index in [-0.39, 0.29) is 23.2 Å². The van der Waals surface area contributed by atoms with Gasteiger partial charge in [-0.3, -0.25) is 0 Å². The Kier molecular flexibility index (Phi) is 13.1. The van der Waals surface area contributed by atoms with E-state index in [1.54, 1.807) is 0 Å². The maximum atomic E-state index is 6.57. The van der Waals surface area contributed by atoms with Crippen LogP contribution in [0.15, 0.2) is 180 Å². The third-order valence-electron chi connectivity index (χ3n) is 13.7. The van der Waals surface area contributed by atoms with E-state index in [0.29, 0.717) is 5.02 Å². The van der Waals surface area contributed by atoms with E-state index < -0.39 is 0 Å². The molecular formula is C63H65BBrClN4. The van der Waals surface area contributed by atoms with Gasteiger partial charge in [-0.05, 0) is 184 Å². The van der Waals surface area contributed by atoms with Crippen LogP contribution < -0.4 is 24.9 Å². The maximum Gasteiger partial charge on any atom is 0.421 e. The molecular weight excluding hydrogens is 939 g/mol. The van der Waals surface area contributed by atoms with Crippen molar-refractivity contribution in [3.63, 3.8) is 0 Å². The second-order valence-corrected chi connectivity index (χ2v) is 23.3. The number of hydrogen-bond donors (Lipinski definition) is 0. The van der Waals surface area contributed by atoms with E-state index in [9.17, 15) is 0 Å². The Morgan fingerprint density at radius 3 is 1.39 bits per heavy atom. The van der Waals surface area contributed by atoms with E-state index in [1.165, 1.54) is 33.3 Å². The number of halogens is 2. The number of rotatable bonds is 9. The molecule has 1 heterocycles. The zero-order valence-electron chi connectivity index (χ0n) is 42.9. The smallest absolute Gasteiger partial charge is 0.360 e. The van der Waals surface area contributed by atoms with Crippen molar-refractivity contribution in [2.45, 2.75) is 99.3 Å². The first kappa shape index (κ1) is 48.8. The first-order valence-electron chi connectivity index (χ1n) is 24.5. The van der Waals surface area contributed by atoms with Crippen molar-refractivity contribution in [2.24, 2.45) is 0 Å². The van der Waals surface area contributed by atoms with Crippen molar-refractivity contribution in [1.82, 2.24) is 0 Å². The summed E-state index contributed by atoms with van der Waals surface area (Å²) < 4.78 is 0.962. The average molecular weight is 1000 g/mol. The van der Waals surface area contributed by atoms with Crippen LogP contribution in [-0.2, 0) is 16.2 Å². The van der Waals surface area contributed by atoms with Crippen LogP contribution in [0.1, 0.15) is 95.7 Å². The Balaban J connectivity index is 1.31. The van der Waals surface area contributed by atoms with Gasteiger partial charge in [-0.1, -0.05) is 158 Å². The summed E-state index contributed by atoms with van der Waals surface area (Å²) in [6.45, 7) is 27.2. The highest BCUT2D eigenvalue weighted by Gasteiger charge is 2.45. The molecule has 0 amide bonds. The summed E-state index contributed by atoms with van der Waals surface area (Å²) >= 11 is 10.9. The molecule has 8 aromatic rings. The summed E-state index contributed by atoms with van der Waals surface area (Å²) in [7, 11) is 0. The molecule has 0 saturated carbocycles. The Bertz CT molecular complexity index is 3150. The second-order valence-electron chi connectivity index (χ2n) is 22.1. The summed E-state index contributed by atoms with van der Waals surface area (Å²) in [5.41, 5.74) is 19.6. The molecule has 0 radical (unpaired) electrons. The summed E-state index contributed by atoms with van der Waals surface area (Å²) in [6.07, 6.45) is 0. The van der Waals surface area contributed by atoms with Gasteiger partial charge in [0.2, 0.25) is 0 Å². The lowest BCUT2D eigenvalue weighted by atomic mass is 9.60. The van der Waals surface area contributed by atoms with Crippen LogP contribution in [0.5, 0.6) is 0 Å². The van der Waals surface area contributed by atoms with Gasteiger partial charge >= 0.3 is 6.98 Å². The van der Waals surface area contributed by atoms with Crippen LogP contribution in [-0.4, -0.2) is 6.98 Å². The van der Waals surface area contributed by atoms with Crippen molar-refractivity contribution in [3.8, 4) is 0 Å². The largest absolute Gasteiger partial charge is 0.421 e. The Morgan fingerprint density at radius 1 is 0.429 bits per heavy atom. The van der Waals surface area contributed by atoms with Crippen molar-refractivity contribution < 1.29 is 0 Å². The fourth-order valence-corrected chi connectivity index (χ4v) is 10.7. The molecule has 0 saturated heterocycles. The van der Waals surface area contributed by atoms with Crippen LogP contribution in [0.2, 0.25) is 5.02 Å². The van der Waals surface area contributed by atoms with Crippen LogP contribution in [0, 0.1) is 20.8 Å². The minimum Gasteiger partial charge on any atom is -0.360 e. The topological polar surface area (TPSA) is 13.0 Å². The fourth-order valence-electron chi connectivity index (χ4n) is 9.96. The first-order chi connectivity index (χ1) is 33.2. The summed E-state index contributed by atoms with van der Waals surface area (Å²) in [5, 5.41) is 0.697. The van der Waals surface area contributed by atoms with Crippen LogP contribution in [0.25, 0.3) is 0 Å². The SMILES string of the molecule is Cc1cc(N(c2ccc(Cl)cc2)c2cccc(C(C)(C)C)c2)c(Br)c(N(c2ccc(C(C)(C)C)cc2)c2ccc3c(c2)N(c2ccccc2)B(c2c(C)cc(C(C)(C)C)cc2C)N3c2ccccc2)c1. The maximum absolute atomic E-state index is 6.57. The number of benzene rings is 8. The van der Waals surface area contributed by atoms with Crippen molar-refractivity contribution >= 4 is 96.9 Å². The highest BCUT2D eigenvalue weighted by atomic mass is 79.9. The predicted molar refractivity (Wildman–Crippen MR) is 308 cm³/mol. The molecule has 7 heteroatoms. The van der Waals surface area contributed by atoms with Crippen molar-refractivity contribution in [1.29, 1.82) is 0 Å². The zero-order chi connectivity index (χ0) is 49.9. The van der Waals surface area contributed by atoms with E-state index >= 15 is 0 Å². The lowest BCUT2D eigenvalue weighted by Gasteiger charge is -2.33. The molecule has 0 aromatic heterocycles. The monoisotopic (exact) mass is 1000 g/mol. The molecule has 9 rings (SSSR count). The van der Waals surface area contributed by atoms with Crippen molar-refractivity contribution in [2.75, 3.05) is 19.4 Å². The van der Waals surface area contributed by atoms with Gasteiger partial charge in [-0.2, -0.15) is 0 Å². The van der Waals surface area contributed by atoms with Gasteiger partial charge in [0, 0.05) is 39.1 Å².